The molecular formula is C21H25N3O3S. The van der Waals surface area contributed by atoms with Crippen LogP contribution in [0.2, 0.25) is 0 Å². The number of benzene rings is 2. The fourth-order valence-electron chi connectivity index (χ4n) is 2.36. The number of rotatable bonds is 5. The molecule has 0 atom stereocenters. The van der Waals surface area contributed by atoms with Gasteiger partial charge in [-0.05, 0) is 59.6 Å². The summed E-state index contributed by atoms with van der Waals surface area (Å²) in [5.41, 5.74) is 2.61. The Morgan fingerprint density at radius 2 is 1.46 bits per heavy atom. The second kappa shape index (κ2) is 9.32. The minimum absolute atomic E-state index is 0.0722. The zero-order chi connectivity index (χ0) is 20.7. The Labute approximate surface area is 170 Å². The van der Waals surface area contributed by atoms with Crippen molar-refractivity contribution in [2.75, 3.05) is 17.2 Å². The van der Waals surface area contributed by atoms with Crippen LogP contribution in [0.15, 0.2) is 48.5 Å². The van der Waals surface area contributed by atoms with Crippen LogP contribution in [0.5, 0.6) is 5.75 Å². The van der Waals surface area contributed by atoms with Crippen LogP contribution in [-0.4, -0.2) is 23.5 Å². The van der Waals surface area contributed by atoms with Gasteiger partial charge in [0.15, 0.2) is 11.7 Å². The number of thiocarbonyl (C=S) groups is 1. The predicted molar refractivity (Wildman–Crippen MR) is 116 cm³/mol. The Morgan fingerprint density at radius 3 is 1.96 bits per heavy atom. The first-order valence-corrected chi connectivity index (χ1v) is 9.26. The molecule has 0 unspecified atom stereocenters. The molecular weight excluding hydrogens is 374 g/mol. The Kier molecular flexibility index (Phi) is 7.12. The highest BCUT2D eigenvalue weighted by Crippen LogP contribution is 2.24. The molecule has 148 valence electrons. The van der Waals surface area contributed by atoms with Crippen molar-refractivity contribution in [2.24, 2.45) is 0 Å². The van der Waals surface area contributed by atoms with Crippen molar-refractivity contribution in [1.82, 2.24) is 5.32 Å². The summed E-state index contributed by atoms with van der Waals surface area (Å²) in [6.07, 6.45) is 0. The van der Waals surface area contributed by atoms with E-state index in [1.54, 1.807) is 24.3 Å². The third-order valence-corrected chi connectivity index (χ3v) is 4.01. The number of carbonyl (C=O) groups is 2. The summed E-state index contributed by atoms with van der Waals surface area (Å²) in [6, 6.07) is 14.7. The molecule has 2 amide bonds. The van der Waals surface area contributed by atoms with E-state index in [4.69, 9.17) is 17.0 Å². The fourth-order valence-corrected chi connectivity index (χ4v) is 2.62. The van der Waals surface area contributed by atoms with Gasteiger partial charge in [0.1, 0.15) is 5.75 Å². The number of ether oxygens (including phenoxy) is 1. The van der Waals surface area contributed by atoms with Crippen molar-refractivity contribution in [3.8, 4) is 5.75 Å². The van der Waals surface area contributed by atoms with Crippen molar-refractivity contribution < 1.29 is 14.3 Å². The lowest BCUT2D eigenvalue weighted by Crippen LogP contribution is -2.32. The van der Waals surface area contributed by atoms with E-state index in [-0.39, 0.29) is 28.9 Å². The molecule has 0 bridgehead atoms. The largest absolute Gasteiger partial charge is 0.484 e. The summed E-state index contributed by atoms with van der Waals surface area (Å²) < 4.78 is 5.54. The van der Waals surface area contributed by atoms with E-state index in [9.17, 15) is 9.59 Å². The van der Waals surface area contributed by atoms with Crippen LogP contribution in [0.4, 0.5) is 11.4 Å². The SMILES string of the molecule is CC(=O)NC(=S)Nc1ccc(NC(=O)COc2ccc(C(C)(C)C)cc2)cc1. The molecule has 2 aromatic carbocycles. The minimum Gasteiger partial charge on any atom is -0.484 e. The van der Waals surface area contributed by atoms with Gasteiger partial charge in [-0.2, -0.15) is 0 Å². The van der Waals surface area contributed by atoms with E-state index in [0.717, 1.165) is 0 Å². The summed E-state index contributed by atoms with van der Waals surface area (Å²) >= 11 is 4.99. The number of nitrogens with one attached hydrogen (secondary N) is 3. The third-order valence-electron chi connectivity index (χ3n) is 3.81. The fraction of sp³-hybridized carbons (Fsp3) is 0.286. The molecule has 3 N–H and O–H groups in total. The Bertz CT molecular complexity index is 841. The van der Waals surface area contributed by atoms with Gasteiger partial charge in [-0.1, -0.05) is 32.9 Å². The molecule has 0 aliphatic carbocycles. The van der Waals surface area contributed by atoms with Crippen LogP contribution in [0.25, 0.3) is 0 Å². The number of amides is 2. The molecule has 0 aliphatic heterocycles. The highest BCUT2D eigenvalue weighted by molar-refractivity contribution is 7.80. The molecule has 2 rings (SSSR count). The molecule has 0 heterocycles. The summed E-state index contributed by atoms with van der Waals surface area (Å²) in [5.74, 6) is 0.151. The van der Waals surface area contributed by atoms with Crippen molar-refractivity contribution in [2.45, 2.75) is 33.1 Å². The van der Waals surface area contributed by atoms with Gasteiger partial charge >= 0.3 is 0 Å². The van der Waals surface area contributed by atoms with Gasteiger partial charge in [0, 0.05) is 18.3 Å². The molecule has 0 spiro atoms. The van der Waals surface area contributed by atoms with Crippen LogP contribution in [0.3, 0.4) is 0 Å². The summed E-state index contributed by atoms with van der Waals surface area (Å²) in [4.78, 5) is 23.0. The Morgan fingerprint density at radius 1 is 0.929 bits per heavy atom. The van der Waals surface area contributed by atoms with E-state index in [1.165, 1.54) is 12.5 Å². The Balaban J connectivity index is 1.82. The second-order valence-corrected chi connectivity index (χ2v) is 7.73. The average Bonchev–Trinajstić information content (AvgIpc) is 2.60. The predicted octanol–water partition coefficient (Wildman–Crippen LogP) is 3.83. The smallest absolute Gasteiger partial charge is 0.262 e. The van der Waals surface area contributed by atoms with Gasteiger partial charge in [-0.15, -0.1) is 0 Å². The monoisotopic (exact) mass is 399 g/mol. The third kappa shape index (κ3) is 7.00. The molecule has 0 radical (unpaired) electrons. The maximum atomic E-state index is 12.1. The van der Waals surface area contributed by atoms with Crippen LogP contribution in [0.1, 0.15) is 33.3 Å². The molecule has 7 heteroatoms. The number of hydrogen-bond donors (Lipinski definition) is 3. The van der Waals surface area contributed by atoms with Crippen LogP contribution >= 0.6 is 12.2 Å². The van der Waals surface area contributed by atoms with Crippen molar-refractivity contribution >= 4 is 40.5 Å². The summed E-state index contributed by atoms with van der Waals surface area (Å²) in [7, 11) is 0. The first kappa shape index (κ1) is 21.4. The van der Waals surface area contributed by atoms with E-state index >= 15 is 0 Å². The maximum Gasteiger partial charge on any atom is 0.262 e. The normalized spacial score (nSPS) is 10.7. The molecule has 6 nitrogen and oxygen atoms in total. The van der Waals surface area contributed by atoms with Crippen molar-refractivity contribution in [1.29, 1.82) is 0 Å². The second-order valence-electron chi connectivity index (χ2n) is 7.32. The van der Waals surface area contributed by atoms with E-state index in [0.29, 0.717) is 17.1 Å². The highest BCUT2D eigenvalue weighted by Gasteiger charge is 2.13. The molecule has 0 aliphatic rings. The van der Waals surface area contributed by atoms with Gasteiger partial charge in [0.25, 0.3) is 5.91 Å². The lowest BCUT2D eigenvalue weighted by molar-refractivity contribution is -0.118. The lowest BCUT2D eigenvalue weighted by atomic mass is 9.87. The molecule has 28 heavy (non-hydrogen) atoms. The average molecular weight is 400 g/mol. The number of anilines is 2. The van der Waals surface area contributed by atoms with Crippen LogP contribution < -0.4 is 20.7 Å². The lowest BCUT2D eigenvalue weighted by Gasteiger charge is -2.19. The van der Waals surface area contributed by atoms with Crippen LogP contribution in [0, 0.1) is 0 Å². The zero-order valence-corrected chi connectivity index (χ0v) is 17.3. The highest BCUT2D eigenvalue weighted by atomic mass is 32.1. The first-order valence-electron chi connectivity index (χ1n) is 8.85. The van der Waals surface area contributed by atoms with E-state index in [2.05, 4.69) is 36.7 Å². The maximum absolute atomic E-state index is 12.1. The summed E-state index contributed by atoms with van der Waals surface area (Å²) in [5, 5.41) is 8.34. The zero-order valence-electron chi connectivity index (χ0n) is 16.5. The topological polar surface area (TPSA) is 79.5 Å². The quantitative estimate of drug-likeness (QED) is 0.666. The molecule has 2 aromatic rings. The molecule has 0 saturated heterocycles. The van der Waals surface area contributed by atoms with E-state index < -0.39 is 0 Å². The van der Waals surface area contributed by atoms with Crippen molar-refractivity contribution in [3.63, 3.8) is 0 Å². The van der Waals surface area contributed by atoms with Crippen LogP contribution in [-0.2, 0) is 15.0 Å². The molecule has 0 saturated carbocycles. The molecule has 0 aromatic heterocycles. The minimum atomic E-state index is -0.255. The van der Waals surface area contributed by atoms with Gasteiger partial charge in [-0.3, -0.25) is 9.59 Å². The van der Waals surface area contributed by atoms with Crippen molar-refractivity contribution in [3.05, 3.63) is 54.1 Å². The van der Waals surface area contributed by atoms with Gasteiger partial charge in [-0.25, -0.2) is 0 Å². The van der Waals surface area contributed by atoms with Gasteiger partial charge in [0.05, 0.1) is 0 Å². The van der Waals surface area contributed by atoms with E-state index in [1.807, 2.05) is 24.3 Å². The van der Waals surface area contributed by atoms with Gasteiger partial charge < -0.3 is 20.7 Å². The number of hydrogen-bond acceptors (Lipinski definition) is 4. The van der Waals surface area contributed by atoms with Gasteiger partial charge in [0.2, 0.25) is 5.91 Å². The Hall–Kier alpha value is -2.93. The first-order chi connectivity index (χ1) is 13.1. The standard InChI is InChI=1S/C21H25N3O3S/c1-14(25)22-20(28)24-17-9-7-16(8-10-17)23-19(26)13-27-18-11-5-15(6-12-18)21(2,3)4/h5-12H,13H2,1-4H3,(H,23,26)(H2,22,24,25,28). The summed E-state index contributed by atoms with van der Waals surface area (Å²) in [6.45, 7) is 7.73. The number of carbonyl (C=O) groups excluding carboxylic acids is 2. The molecule has 0 fully saturated rings.